The Kier molecular flexibility index (Phi) is 6.14. The van der Waals surface area contributed by atoms with Crippen LogP contribution in [0, 0.1) is 17.1 Å². The highest BCUT2D eigenvalue weighted by molar-refractivity contribution is 6.30. The highest BCUT2D eigenvalue weighted by Crippen LogP contribution is 2.33. The molecule has 0 aromatic carbocycles. The summed E-state index contributed by atoms with van der Waals surface area (Å²) >= 11 is 5.88. The number of nitrogens with zero attached hydrogens (tertiary/aromatic N) is 5. The second-order valence-corrected chi connectivity index (χ2v) is 8.84. The van der Waals surface area contributed by atoms with Crippen LogP contribution in [-0.2, 0) is 11.3 Å². The molecule has 0 saturated carbocycles. The molecule has 31 heavy (non-hydrogen) atoms. The van der Waals surface area contributed by atoms with Crippen LogP contribution < -0.4 is 10.5 Å². The standard InChI is InChI=1S/C21H25ClFN5O3/c1-6-27-18-13(9-15(23)17(22)25-18)16(14(10-24)19(27)29)28-8-7-26(11-12(28)2)20(30)31-21(3,4)5/h9,12H,6-8,11H2,1-5H3/t12-/m0/s1. The molecule has 3 rings (SSSR count). The van der Waals surface area contributed by atoms with E-state index in [2.05, 4.69) is 4.98 Å². The number of amides is 1. The first-order valence-corrected chi connectivity index (χ1v) is 10.4. The number of aromatic nitrogens is 2. The van der Waals surface area contributed by atoms with Crippen molar-refractivity contribution in [2.75, 3.05) is 24.5 Å². The van der Waals surface area contributed by atoms with Gasteiger partial charge in [-0.1, -0.05) is 11.6 Å². The second-order valence-electron chi connectivity index (χ2n) is 8.49. The SMILES string of the molecule is CCn1c(=O)c(C#N)c(N2CCN(C(=O)OC(C)(C)C)C[C@@H]2C)c2cc(F)c(Cl)nc21. The van der Waals surface area contributed by atoms with Crippen molar-refractivity contribution in [2.45, 2.75) is 52.8 Å². The summed E-state index contributed by atoms with van der Waals surface area (Å²) in [4.78, 5) is 33.0. The Hall–Kier alpha value is -2.86. The number of anilines is 1. The maximum atomic E-state index is 14.3. The molecule has 1 amide bonds. The van der Waals surface area contributed by atoms with Gasteiger partial charge in [0.1, 0.15) is 22.9 Å². The lowest BCUT2D eigenvalue weighted by molar-refractivity contribution is 0.0219. The molecular weight excluding hydrogens is 425 g/mol. The Morgan fingerprint density at radius 3 is 2.65 bits per heavy atom. The summed E-state index contributed by atoms with van der Waals surface area (Å²) in [6.45, 7) is 10.2. The van der Waals surface area contributed by atoms with Gasteiger partial charge in [-0.15, -0.1) is 0 Å². The number of halogens is 2. The molecule has 1 aliphatic rings. The number of hydrogen-bond donors (Lipinski definition) is 0. The van der Waals surface area contributed by atoms with Gasteiger partial charge in [-0.25, -0.2) is 14.2 Å². The first-order chi connectivity index (χ1) is 14.5. The molecule has 1 saturated heterocycles. The number of piperazine rings is 1. The summed E-state index contributed by atoms with van der Waals surface area (Å²) in [5.74, 6) is -0.736. The summed E-state index contributed by atoms with van der Waals surface area (Å²) in [5.41, 5.74) is -0.685. The lowest BCUT2D eigenvalue weighted by atomic mass is 10.1. The minimum atomic E-state index is -0.736. The molecule has 0 spiro atoms. The molecular formula is C21H25ClFN5O3. The van der Waals surface area contributed by atoms with Crippen molar-refractivity contribution in [1.29, 1.82) is 5.26 Å². The van der Waals surface area contributed by atoms with Gasteiger partial charge in [-0.05, 0) is 40.7 Å². The minimum absolute atomic E-state index is 0.0876. The van der Waals surface area contributed by atoms with Gasteiger partial charge < -0.3 is 14.5 Å². The van der Waals surface area contributed by atoms with Crippen molar-refractivity contribution >= 4 is 34.4 Å². The lowest BCUT2D eigenvalue weighted by Gasteiger charge is -2.42. The summed E-state index contributed by atoms with van der Waals surface area (Å²) in [6, 6.07) is 2.93. The topological polar surface area (TPSA) is 91.5 Å². The van der Waals surface area contributed by atoms with Gasteiger partial charge in [-0.2, -0.15) is 5.26 Å². The smallest absolute Gasteiger partial charge is 0.410 e. The molecule has 2 aromatic heterocycles. The Labute approximate surface area is 184 Å². The Morgan fingerprint density at radius 1 is 1.42 bits per heavy atom. The average Bonchev–Trinajstić information content (AvgIpc) is 2.67. The molecule has 0 bridgehead atoms. The summed E-state index contributed by atoms with van der Waals surface area (Å²) in [7, 11) is 0. The number of nitriles is 1. The van der Waals surface area contributed by atoms with Gasteiger partial charge in [-0.3, -0.25) is 9.36 Å². The van der Waals surface area contributed by atoms with Gasteiger partial charge in [0, 0.05) is 37.6 Å². The fraction of sp³-hybridized carbons (Fsp3) is 0.524. The van der Waals surface area contributed by atoms with Crippen LogP contribution in [0.25, 0.3) is 11.0 Å². The zero-order chi connectivity index (χ0) is 23.1. The Morgan fingerprint density at radius 2 is 2.10 bits per heavy atom. The number of rotatable bonds is 2. The number of aryl methyl sites for hydroxylation is 1. The van der Waals surface area contributed by atoms with E-state index in [1.165, 1.54) is 10.6 Å². The average molecular weight is 450 g/mol. The second kappa shape index (κ2) is 8.35. The maximum absolute atomic E-state index is 14.3. The molecule has 10 heteroatoms. The zero-order valence-corrected chi connectivity index (χ0v) is 19.0. The summed E-state index contributed by atoms with van der Waals surface area (Å²) in [5, 5.41) is 9.76. The fourth-order valence-corrected chi connectivity index (χ4v) is 3.91. The third-order valence-corrected chi connectivity index (χ3v) is 5.38. The van der Waals surface area contributed by atoms with E-state index < -0.39 is 23.1 Å². The zero-order valence-electron chi connectivity index (χ0n) is 18.2. The van der Waals surface area contributed by atoms with Gasteiger partial charge in [0.15, 0.2) is 11.0 Å². The predicted octanol–water partition coefficient (Wildman–Crippen LogP) is 3.53. The van der Waals surface area contributed by atoms with Crippen LogP contribution in [0.4, 0.5) is 14.9 Å². The molecule has 1 fully saturated rings. The molecule has 0 unspecified atom stereocenters. The van der Waals surface area contributed by atoms with Crippen LogP contribution in [0.2, 0.25) is 5.15 Å². The third-order valence-electron chi connectivity index (χ3n) is 5.11. The van der Waals surface area contributed by atoms with Crippen molar-refractivity contribution in [1.82, 2.24) is 14.5 Å². The van der Waals surface area contributed by atoms with E-state index in [1.807, 2.05) is 17.9 Å². The molecule has 8 nitrogen and oxygen atoms in total. The van der Waals surface area contributed by atoms with E-state index >= 15 is 0 Å². The van der Waals surface area contributed by atoms with E-state index in [0.29, 0.717) is 30.7 Å². The van der Waals surface area contributed by atoms with Gasteiger partial charge in [0.2, 0.25) is 0 Å². The first kappa shape index (κ1) is 22.8. The van der Waals surface area contributed by atoms with Crippen molar-refractivity contribution in [3.63, 3.8) is 0 Å². The van der Waals surface area contributed by atoms with Crippen LogP contribution in [0.3, 0.4) is 0 Å². The van der Waals surface area contributed by atoms with E-state index in [0.717, 1.165) is 0 Å². The lowest BCUT2D eigenvalue weighted by Crippen LogP contribution is -2.55. The van der Waals surface area contributed by atoms with Crippen LogP contribution in [-0.4, -0.2) is 51.8 Å². The number of hydrogen-bond acceptors (Lipinski definition) is 6. The van der Waals surface area contributed by atoms with Crippen LogP contribution in [0.5, 0.6) is 0 Å². The molecule has 1 aliphatic heterocycles. The molecule has 2 aromatic rings. The molecule has 3 heterocycles. The Balaban J connectivity index is 2.09. The quantitative estimate of drug-likeness (QED) is 0.651. The fourth-order valence-electron chi connectivity index (χ4n) is 3.78. The number of ether oxygens (including phenoxy) is 1. The largest absolute Gasteiger partial charge is 0.444 e. The predicted molar refractivity (Wildman–Crippen MR) is 116 cm³/mol. The highest BCUT2D eigenvalue weighted by atomic mass is 35.5. The van der Waals surface area contributed by atoms with Crippen LogP contribution in [0.1, 0.15) is 40.2 Å². The van der Waals surface area contributed by atoms with Gasteiger partial charge >= 0.3 is 6.09 Å². The maximum Gasteiger partial charge on any atom is 0.410 e. The van der Waals surface area contributed by atoms with Crippen LogP contribution in [0.15, 0.2) is 10.9 Å². The van der Waals surface area contributed by atoms with Crippen molar-refractivity contribution in [3.05, 3.63) is 33.0 Å². The van der Waals surface area contributed by atoms with Crippen LogP contribution >= 0.6 is 11.6 Å². The summed E-state index contributed by atoms with van der Waals surface area (Å²) in [6.07, 6.45) is -0.426. The van der Waals surface area contributed by atoms with Crippen molar-refractivity contribution in [2.24, 2.45) is 0 Å². The monoisotopic (exact) mass is 449 g/mol. The molecule has 0 radical (unpaired) electrons. The Bertz CT molecular complexity index is 1140. The number of pyridine rings is 2. The van der Waals surface area contributed by atoms with Gasteiger partial charge in [0.05, 0.1) is 5.69 Å². The van der Waals surface area contributed by atoms with E-state index in [1.54, 1.807) is 32.6 Å². The normalized spacial score (nSPS) is 17.0. The molecule has 1 atom stereocenters. The highest BCUT2D eigenvalue weighted by Gasteiger charge is 2.33. The number of carbonyl (C=O) groups is 1. The van der Waals surface area contributed by atoms with E-state index in [-0.39, 0.29) is 29.0 Å². The van der Waals surface area contributed by atoms with E-state index in [9.17, 15) is 19.2 Å². The molecule has 0 aliphatic carbocycles. The summed E-state index contributed by atoms with van der Waals surface area (Å²) < 4.78 is 21.1. The van der Waals surface area contributed by atoms with Crippen molar-refractivity contribution < 1.29 is 13.9 Å². The molecule has 0 N–H and O–H groups in total. The molecule has 166 valence electrons. The van der Waals surface area contributed by atoms with Crippen molar-refractivity contribution in [3.8, 4) is 6.07 Å². The van der Waals surface area contributed by atoms with E-state index in [4.69, 9.17) is 16.3 Å². The minimum Gasteiger partial charge on any atom is -0.444 e. The number of fused-ring (bicyclic) bond motifs is 1. The van der Waals surface area contributed by atoms with Gasteiger partial charge in [0.25, 0.3) is 5.56 Å². The third kappa shape index (κ3) is 4.30. The first-order valence-electron chi connectivity index (χ1n) is 10.1. The number of carbonyl (C=O) groups excluding carboxylic acids is 1.